The highest BCUT2D eigenvalue weighted by atomic mass is 16.1. The van der Waals surface area contributed by atoms with E-state index < -0.39 is 0 Å². The summed E-state index contributed by atoms with van der Waals surface area (Å²) in [6.07, 6.45) is 0. The standard InChI is InChI=1S/C6H12N4O/c1-10(4-5(7)11)6-8-2-3-9-6/h2-4H2,1H3,(H2,7,11)(H,8,9). The molecule has 0 atom stereocenters. The molecule has 0 aliphatic carbocycles. The van der Waals surface area contributed by atoms with E-state index in [9.17, 15) is 4.79 Å². The van der Waals surface area contributed by atoms with Crippen molar-refractivity contribution in [2.75, 3.05) is 26.7 Å². The maximum absolute atomic E-state index is 10.5. The number of nitrogens with zero attached hydrogens (tertiary/aromatic N) is 2. The van der Waals surface area contributed by atoms with Gasteiger partial charge in [0.25, 0.3) is 0 Å². The summed E-state index contributed by atoms with van der Waals surface area (Å²) in [4.78, 5) is 16.3. The van der Waals surface area contributed by atoms with Crippen LogP contribution >= 0.6 is 0 Å². The fourth-order valence-electron chi connectivity index (χ4n) is 0.950. The molecule has 5 heteroatoms. The van der Waals surface area contributed by atoms with Crippen molar-refractivity contribution in [1.82, 2.24) is 10.2 Å². The number of carbonyl (C=O) groups is 1. The Hall–Kier alpha value is -1.26. The number of hydrogen-bond donors (Lipinski definition) is 2. The number of amides is 1. The van der Waals surface area contributed by atoms with Gasteiger partial charge >= 0.3 is 0 Å². The van der Waals surface area contributed by atoms with E-state index in [1.165, 1.54) is 0 Å². The van der Waals surface area contributed by atoms with Crippen molar-refractivity contribution in [3.63, 3.8) is 0 Å². The lowest BCUT2D eigenvalue weighted by Crippen LogP contribution is -2.40. The Morgan fingerprint density at radius 2 is 2.64 bits per heavy atom. The first-order valence-electron chi connectivity index (χ1n) is 3.48. The zero-order chi connectivity index (χ0) is 8.27. The highest BCUT2D eigenvalue weighted by Gasteiger charge is 2.11. The van der Waals surface area contributed by atoms with Gasteiger partial charge in [-0.1, -0.05) is 0 Å². The van der Waals surface area contributed by atoms with Crippen LogP contribution in [0.15, 0.2) is 4.99 Å². The third-order valence-electron chi connectivity index (χ3n) is 1.41. The molecule has 0 aromatic rings. The summed E-state index contributed by atoms with van der Waals surface area (Å²) < 4.78 is 0. The monoisotopic (exact) mass is 156 g/mol. The molecule has 3 N–H and O–H groups in total. The predicted octanol–water partition coefficient (Wildman–Crippen LogP) is -1.64. The minimum absolute atomic E-state index is 0.214. The molecule has 1 amide bonds. The van der Waals surface area contributed by atoms with Crippen molar-refractivity contribution < 1.29 is 4.79 Å². The van der Waals surface area contributed by atoms with E-state index in [0.717, 1.165) is 19.0 Å². The van der Waals surface area contributed by atoms with E-state index in [0.29, 0.717) is 0 Å². The maximum atomic E-state index is 10.5. The molecule has 0 bridgehead atoms. The number of carbonyl (C=O) groups excluding carboxylic acids is 1. The van der Waals surface area contributed by atoms with E-state index in [4.69, 9.17) is 5.73 Å². The molecular formula is C6H12N4O. The fraction of sp³-hybridized carbons (Fsp3) is 0.667. The Kier molecular flexibility index (Phi) is 2.30. The normalized spacial score (nSPS) is 15.5. The predicted molar refractivity (Wildman–Crippen MR) is 42.1 cm³/mol. The molecule has 62 valence electrons. The average molecular weight is 156 g/mol. The number of nitrogens with one attached hydrogen (secondary N) is 1. The number of nitrogens with two attached hydrogens (primary N) is 1. The molecule has 1 aliphatic rings. The van der Waals surface area contributed by atoms with Crippen LogP contribution in [0.5, 0.6) is 0 Å². The van der Waals surface area contributed by atoms with Crippen LogP contribution in [0.3, 0.4) is 0 Å². The summed E-state index contributed by atoms with van der Waals surface area (Å²) in [7, 11) is 1.78. The Morgan fingerprint density at radius 1 is 1.91 bits per heavy atom. The molecule has 1 aliphatic heterocycles. The van der Waals surface area contributed by atoms with Crippen LogP contribution in [0, 0.1) is 0 Å². The lowest BCUT2D eigenvalue weighted by atomic mass is 10.5. The molecule has 0 aromatic carbocycles. The van der Waals surface area contributed by atoms with E-state index in [1.54, 1.807) is 11.9 Å². The fourth-order valence-corrected chi connectivity index (χ4v) is 0.950. The van der Waals surface area contributed by atoms with E-state index in [-0.39, 0.29) is 12.5 Å². The Morgan fingerprint density at radius 3 is 3.09 bits per heavy atom. The first-order valence-corrected chi connectivity index (χ1v) is 3.48. The topological polar surface area (TPSA) is 70.7 Å². The van der Waals surface area contributed by atoms with Gasteiger partial charge in [0.05, 0.1) is 13.1 Å². The van der Waals surface area contributed by atoms with E-state index in [2.05, 4.69) is 10.3 Å². The van der Waals surface area contributed by atoms with Gasteiger partial charge in [-0.15, -0.1) is 0 Å². The summed E-state index contributed by atoms with van der Waals surface area (Å²) in [5.41, 5.74) is 5.00. The van der Waals surface area contributed by atoms with E-state index in [1.807, 2.05) is 0 Å². The number of hydrogen-bond acceptors (Lipinski definition) is 4. The summed E-state index contributed by atoms with van der Waals surface area (Å²) in [5, 5.41) is 3.03. The molecule has 0 fully saturated rings. The van der Waals surface area contributed by atoms with Crippen LogP contribution in [0.25, 0.3) is 0 Å². The van der Waals surface area contributed by atoms with Gasteiger partial charge < -0.3 is 16.0 Å². The Balaban J connectivity index is 2.40. The quantitative estimate of drug-likeness (QED) is 0.504. The maximum Gasteiger partial charge on any atom is 0.237 e. The molecule has 11 heavy (non-hydrogen) atoms. The van der Waals surface area contributed by atoms with Crippen LogP contribution in [0.1, 0.15) is 0 Å². The van der Waals surface area contributed by atoms with Crippen molar-refractivity contribution in [3.8, 4) is 0 Å². The van der Waals surface area contributed by atoms with Gasteiger partial charge in [0.1, 0.15) is 0 Å². The number of rotatable bonds is 2. The molecule has 1 heterocycles. The van der Waals surface area contributed by atoms with Crippen LogP contribution in [-0.4, -0.2) is 43.4 Å². The van der Waals surface area contributed by atoms with Gasteiger partial charge in [0.15, 0.2) is 5.96 Å². The van der Waals surface area contributed by atoms with Crippen molar-refractivity contribution in [2.45, 2.75) is 0 Å². The Bertz CT molecular complexity index is 189. The first-order chi connectivity index (χ1) is 5.20. The van der Waals surface area contributed by atoms with Gasteiger partial charge in [-0.05, 0) is 0 Å². The third kappa shape index (κ3) is 2.10. The van der Waals surface area contributed by atoms with Gasteiger partial charge in [0, 0.05) is 13.6 Å². The van der Waals surface area contributed by atoms with Crippen LogP contribution < -0.4 is 11.1 Å². The summed E-state index contributed by atoms with van der Waals surface area (Å²) >= 11 is 0. The number of aliphatic imine (C=N–C) groups is 1. The van der Waals surface area contributed by atoms with Gasteiger partial charge in [-0.3, -0.25) is 9.79 Å². The molecule has 1 rings (SSSR count). The second kappa shape index (κ2) is 3.23. The van der Waals surface area contributed by atoms with Gasteiger partial charge in [-0.25, -0.2) is 0 Å². The smallest absolute Gasteiger partial charge is 0.237 e. The first kappa shape index (κ1) is 7.84. The zero-order valence-corrected chi connectivity index (χ0v) is 6.50. The third-order valence-corrected chi connectivity index (χ3v) is 1.41. The number of likely N-dealkylation sites (N-methyl/N-ethyl adjacent to an activating group) is 1. The van der Waals surface area contributed by atoms with Crippen molar-refractivity contribution in [3.05, 3.63) is 0 Å². The lowest BCUT2D eigenvalue weighted by Gasteiger charge is -2.16. The lowest BCUT2D eigenvalue weighted by molar-refractivity contribution is -0.118. The minimum Gasteiger partial charge on any atom is -0.368 e. The highest BCUT2D eigenvalue weighted by Crippen LogP contribution is 1.89. The van der Waals surface area contributed by atoms with Crippen LogP contribution in [0.2, 0.25) is 0 Å². The summed E-state index contributed by atoms with van der Waals surface area (Å²) in [5.74, 6) is 0.410. The van der Waals surface area contributed by atoms with Gasteiger partial charge in [0.2, 0.25) is 5.91 Å². The summed E-state index contributed by atoms with van der Waals surface area (Å²) in [6, 6.07) is 0. The SMILES string of the molecule is CN(CC(N)=O)C1=NCCN1. The number of guanidine groups is 1. The highest BCUT2D eigenvalue weighted by molar-refractivity contribution is 5.86. The molecule has 0 saturated carbocycles. The molecule has 0 aromatic heterocycles. The number of primary amides is 1. The summed E-state index contributed by atoms with van der Waals surface area (Å²) in [6.45, 7) is 1.84. The van der Waals surface area contributed by atoms with Crippen LogP contribution in [-0.2, 0) is 4.79 Å². The average Bonchev–Trinajstić information content (AvgIpc) is 2.35. The Labute approximate surface area is 65.3 Å². The van der Waals surface area contributed by atoms with Crippen molar-refractivity contribution in [1.29, 1.82) is 0 Å². The second-order valence-corrected chi connectivity index (χ2v) is 2.45. The van der Waals surface area contributed by atoms with E-state index >= 15 is 0 Å². The minimum atomic E-state index is -0.344. The molecule has 5 nitrogen and oxygen atoms in total. The second-order valence-electron chi connectivity index (χ2n) is 2.45. The molecular weight excluding hydrogens is 144 g/mol. The largest absolute Gasteiger partial charge is 0.368 e. The molecule has 0 unspecified atom stereocenters. The zero-order valence-electron chi connectivity index (χ0n) is 6.50. The van der Waals surface area contributed by atoms with Crippen LogP contribution in [0.4, 0.5) is 0 Å². The molecule has 0 radical (unpaired) electrons. The van der Waals surface area contributed by atoms with Gasteiger partial charge in [-0.2, -0.15) is 0 Å². The van der Waals surface area contributed by atoms with Crippen molar-refractivity contribution >= 4 is 11.9 Å². The molecule has 0 saturated heterocycles. The molecule has 0 spiro atoms. The van der Waals surface area contributed by atoms with Crippen molar-refractivity contribution in [2.24, 2.45) is 10.7 Å².